The summed E-state index contributed by atoms with van der Waals surface area (Å²) in [7, 11) is 0. The first kappa shape index (κ1) is 14.4. The van der Waals surface area contributed by atoms with Gasteiger partial charge in [-0.2, -0.15) is 0 Å². The van der Waals surface area contributed by atoms with Gasteiger partial charge in [0.15, 0.2) is 0 Å². The summed E-state index contributed by atoms with van der Waals surface area (Å²) < 4.78 is 5.32. The molecule has 1 rings (SSSR count). The van der Waals surface area contributed by atoms with Gasteiger partial charge in [0.2, 0.25) is 5.91 Å². The molecule has 1 fully saturated rings. The molecule has 3 unspecified atom stereocenters. The Morgan fingerprint density at radius 3 is 2.94 bits per heavy atom. The number of hydrogen-bond donors (Lipinski definition) is 3. The molecule has 1 saturated heterocycles. The normalized spacial score (nSPS) is 25.8. The van der Waals surface area contributed by atoms with Gasteiger partial charge >= 0.3 is 0 Å². The standard InChI is InChI=1S/C12H24N2O3/c1-3-13-11-8-17-7-10(11)12(16)14-6-4-5-9(2)15/h9-11,13,15H,3-8H2,1-2H3,(H,14,16). The Balaban J connectivity index is 2.22. The topological polar surface area (TPSA) is 70.6 Å². The average molecular weight is 244 g/mol. The number of carbonyl (C=O) groups is 1. The second-order valence-electron chi connectivity index (χ2n) is 4.59. The molecule has 17 heavy (non-hydrogen) atoms. The minimum Gasteiger partial charge on any atom is -0.393 e. The fourth-order valence-electron chi connectivity index (χ4n) is 2.02. The number of carbonyl (C=O) groups excluding carboxylic acids is 1. The molecule has 5 heteroatoms. The number of aliphatic hydroxyl groups excluding tert-OH is 1. The summed E-state index contributed by atoms with van der Waals surface area (Å²) >= 11 is 0. The molecule has 3 atom stereocenters. The first-order chi connectivity index (χ1) is 8.15. The molecule has 0 radical (unpaired) electrons. The zero-order valence-electron chi connectivity index (χ0n) is 10.7. The monoisotopic (exact) mass is 244 g/mol. The SMILES string of the molecule is CCNC1COCC1C(=O)NCCCC(C)O. The third kappa shape index (κ3) is 5.02. The zero-order valence-corrected chi connectivity index (χ0v) is 10.7. The van der Waals surface area contributed by atoms with Crippen LogP contribution in [0.4, 0.5) is 0 Å². The van der Waals surface area contributed by atoms with Gasteiger partial charge in [0.1, 0.15) is 0 Å². The smallest absolute Gasteiger partial charge is 0.227 e. The van der Waals surface area contributed by atoms with Crippen LogP contribution >= 0.6 is 0 Å². The summed E-state index contributed by atoms with van der Waals surface area (Å²) in [4.78, 5) is 11.9. The fraction of sp³-hybridized carbons (Fsp3) is 0.917. The predicted molar refractivity (Wildman–Crippen MR) is 65.7 cm³/mol. The van der Waals surface area contributed by atoms with Gasteiger partial charge in [-0.15, -0.1) is 0 Å². The van der Waals surface area contributed by atoms with Crippen molar-refractivity contribution in [3.05, 3.63) is 0 Å². The quantitative estimate of drug-likeness (QED) is 0.546. The van der Waals surface area contributed by atoms with Crippen molar-refractivity contribution in [1.82, 2.24) is 10.6 Å². The molecule has 0 saturated carbocycles. The molecule has 1 aliphatic heterocycles. The maximum Gasteiger partial charge on any atom is 0.227 e. The van der Waals surface area contributed by atoms with E-state index < -0.39 is 0 Å². The Hall–Kier alpha value is -0.650. The summed E-state index contributed by atoms with van der Waals surface area (Å²) in [6.07, 6.45) is 1.23. The van der Waals surface area contributed by atoms with E-state index in [0.29, 0.717) is 19.8 Å². The summed E-state index contributed by atoms with van der Waals surface area (Å²) in [5.74, 6) is -0.0273. The van der Waals surface area contributed by atoms with Gasteiger partial charge in [-0.1, -0.05) is 6.92 Å². The van der Waals surface area contributed by atoms with Crippen LogP contribution in [0, 0.1) is 5.92 Å². The van der Waals surface area contributed by atoms with Crippen LogP contribution in [0.15, 0.2) is 0 Å². The third-order valence-electron chi connectivity index (χ3n) is 2.98. The maximum atomic E-state index is 11.9. The first-order valence-corrected chi connectivity index (χ1v) is 6.42. The van der Waals surface area contributed by atoms with E-state index in [1.54, 1.807) is 6.92 Å². The molecular formula is C12H24N2O3. The van der Waals surface area contributed by atoms with E-state index in [1.807, 2.05) is 6.92 Å². The number of aliphatic hydroxyl groups is 1. The minimum atomic E-state index is -0.295. The fourth-order valence-corrected chi connectivity index (χ4v) is 2.02. The van der Waals surface area contributed by atoms with Crippen LogP contribution in [0.25, 0.3) is 0 Å². The van der Waals surface area contributed by atoms with E-state index in [0.717, 1.165) is 19.4 Å². The van der Waals surface area contributed by atoms with Crippen molar-refractivity contribution in [2.45, 2.75) is 38.8 Å². The molecule has 0 aromatic rings. The summed E-state index contributed by atoms with van der Waals surface area (Å²) in [6, 6.07) is 0.136. The van der Waals surface area contributed by atoms with Crippen molar-refractivity contribution < 1.29 is 14.6 Å². The van der Waals surface area contributed by atoms with Gasteiger partial charge < -0.3 is 20.5 Å². The number of ether oxygens (including phenoxy) is 1. The van der Waals surface area contributed by atoms with Crippen molar-refractivity contribution in [2.24, 2.45) is 5.92 Å². The van der Waals surface area contributed by atoms with Crippen LogP contribution in [0.3, 0.4) is 0 Å². The predicted octanol–water partition coefficient (Wildman–Crippen LogP) is -0.112. The third-order valence-corrected chi connectivity index (χ3v) is 2.98. The van der Waals surface area contributed by atoms with E-state index in [9.17, 15) is 4.79 Å². The van der Waals surface area contributed by atoms with Gasteiger partial charge in [0.05, 0.1) is 25.2 Å². The molecule has 0 aromatic carbocycles. The van der Waals surface area contributed by atoms with E-state index in [1.165, 1.54) is 0 Å². The molecule has 0 bridgehead atoms. The Labute approximate surface area is 103 Å². The Morgan fingerprint density at radius 1 is 1.53 bits per heavy atom. The van der Waals surface area contributed by atoms with E-state index >= 15 is 0 Å². The highest BCUT2D eigenvalue weighted by Crippen LogP contribution is 2.13. The number of nitrogens with one attached hydrogen (secondary N) is 2. The Kier molecular flexibility index (Phi) is 6.47. The molecule has 5 nitrogen and oxygen atoms in total. The van der Waals surface area contributed by atoms with E-state index in [4.69, 9.17) is 9.84 Å². The van der Waals surface area contributed by atoms with Crippen molar-refractivity contribution in [3.63, 3.8) is 0 Å². The van der Waals surface area contributed by atoms with Crippen molar-refractivity contribution in [3.8, 4) is 0 Å². The molecular weight excluding hydrogens is 220 g/mol. The van der Waals surface area contributed by atoms with Crippen LogP contribution in [0.2, 0.25) is 0 Å². The number of hydrogen-bond acceptors (Lipinski definition) is 4. The maximum absolute atomic E-state index is 11.9. The minimum absolute atomic E-state index is 0.0547. The molecule has 1 heterocycles. The molecule has 0 spiro atoms. The lowest BCUT2D eigenvalue weighted by Gasteiger charge is -2.17. The molecule has 1 aliphatic rings. The van der Waals surface area contributed by atoms with Gasteiger partial charge in [0.25, 0.3) is 0 Å². The van der Waals surface area contributed by atoms with E-state index in [-0.39, 0.29) is 24.0 Å². The first-order valence-electron chi connectivity index (χ1n) is 6.42. The van der Waals surface area contributed by atoms with E-state index in [2.05, 4.69) is 10.6 Å². The van der Waals surface area contributed by atoms with Crippen molar-refractivity contribution in [1.29, 1.82) is 0 Å². The van der Waals surface area contributed by atoms with Crippen molar-refractivity contribution in [2.75, 3.05) is 26.3 Å². The summed E-state index contributed by atoms with van der Waals surface area (Å²) in [6.45, 7) is 6.36. The number of rotatable bonds is 7. The van der Waals surface area contributed by atoms with Gasteiger partial charge in [0, 0.05) is 12.6 Å². The highest BCUT2D eigenvalue weighted by atomic mass is 16.5. The molecule has 0 aliphatic carbocycles. The van der Waals surface area contributed by atoms with Crippen LogP contribution in [0.5, 0.6) is 0 Å². The molecule has 0 aromatic heterocycles. The molecule has 100 valence electrons. The van der Waals surface area contributed by atoms with Gasteiger partial charge in [-0.25, -0.2) is 0 Å². The number of amides is 1. The average Bonchev–Trinajstić information content (AvgIpc) is 2.72. The zero-order chi connectivity index (χ0) is 12.7. The lowest BCUT2D eigenvalue weighted by atomic mass is 10.0. The van der Waals surface area contributed by atoms with Gasteiger partial charge in [-0.3, -0.25) is 4.79 Å². The lowest BCUT2D eigenvalue weighted by molar-refractivity contribution is -0.125. The Bertz CT molecular complexity index is 234. The highest BCUT2D eigenvalue weighted by Gasteiger charge is 2.32. The van der Waals surface area contributed by atoms with Crippen LogP contribution in [0.1, 0.15) is 26.7 Å². The largest absolute Gasteiger partial charge is 0.393 e. The number of likely N-dealkylation sites (N-methyl/N-ethyl adjacent to an activating group) is 1. The summed E-state index contributed by atoms with van der Waals surface area (Å²) in [5.41, 5.74) is 0. The highest BCUT2D eigenvalue weighted by molar-refractivity contribution is 5.79. The lowest BCUT2D eigenvalue weighted by Crippen LogP contribution is -2.44. The summed E-state index contributed by atoms with van der Waals surface area (Å²) in [5, 5.41) is 15.3. The second kappa shape index (κ2) is 7.63. The van der Waals surface area contributed by atoms with Crippen LogP contribution in [-0.2, 0) is 9.53 Å². The van der Waals surface area contributed by atoms with Gasteiger partial charge in [-0.05, 0) is 26.3 Å². The van der Waals surface area contributed by atoms with Crippen LogP contribution in [-0.4, -0.2) is 49.5 Å². The van der Waals surface area contributed by atoms with Crippen molar-refractivity contribution >= 4 is 5.91 Å². The second-order valence-corrected chi connectivity index (χ2v) is 4.59. The Morgan fingerprint density at radius 2 is 2.29 bits per heavy atom. The molecule has 3 N–H and O–H groups in total. The van der Waals surface area contributed by atoms with Crippen LogP contribution < -0.4 is 10.6 Å². The molecule has 1 amide bonds.